The van der Waals surface area contributed by atoms with Crippen LogP contribution in [0.3, 0.4) is 0 Å². The number of nitrogens with one attached hydrogen (secondary N) is 2. The minimum absolute atomic E-state index is 0.140. The van der Waals surface area contributed by atoms with Crippen molar-refractivity contribution >= 4 is 5.91 Å². The fraction of sp³-hybridized carbons (Fsp3) is 0.929. The summed E-state index contributed by atoms with van der Waals surface area (Å²) in [6, 6.07) is 0.530. The Kier molecular flexibility index (Phi) is 7.25. The van der Waals surface area contributed by atoms with Crippen molar-refractivity contribution in [3.05, 3.63) is 0 Å². The molecule has 2 N–H and O–H groups in total. The summed E-state index contributed by atoms with van der Waals surface area (Å²) in [4.78, 5) is 11.5. The Balaban J connectivity index is 2.23. The summed E-state index contributed by atoms with van der Waals surface area (Å²) in [5, 5.41) is 6.35. The zero-order chi connectivity index (χ0) is 12.5. The summed E-state index contributed by atoms with van der Waals surface area (Å²) in [6.07, 6.45) is 8.93. The zero-order valence-electron chi connectivity index (χ0n) is 11.4. The Morgan fingerprint density at radius 1 is 1.24 bits per heavy atom. The first-order chi connectivity index (χ1) is 8.27. The van der Waals surface area contributed by atoms with E-state index in [-0.39, 0.29) is 5.91 Å². The van der Waals surface area contributed by atoms with Gasteiger partial charge in [0.15, 0.2) is 0 Å². The number of amides is 1. The fourth-order valence-electron chi connectivity index (χ4n) is 2.73. The monoisotopic (exact) mass is 240 g/mol. The molecule has 0 bridgehead atoms. The van der Waals surface area contributed by atoms with E-state index in [9.17, 15) is 4.79 Å². The summed E-state index contributed by atoms with van der Waals surface area (Å²) < 4.78 is 0. The Hall–Kier alpha value is -0.570. The van der Waals surface area contributed by atoms with E-state index in [1.807, 2.05) is 0 Å². The summed E-state index contributed by atoms with van der Waals surface area (Å²) in [5.74, 6) is 0.925. The molecule has 0 aromatic heterocycles. The highest BCUT2D eigenvalue weighted by Gasteiger charge is 2.22. The van der Waals surface area contributed by atoms with Crippen molar-refractivity contribution in [2.45, 2.75) is 64.8 Å². The quantitative estimate of drug-likeness (QED) is 0.718. The van der Waals surface area contributed by atoms with Crippen LogP contribution in [0.25, 0.3) is 0 Å². The van der Waals surface area contributed by atoms with Gasteiger partial charge in [-0.1, -0.05) is 33.1 Å². The predicted molar refractivity (Wildman–Crippen MR) is 72.0 cm³/mol. The summed E-state index contributed by atoms with van der Waals surface area (Å²) >= 11 is 0. The lowest BCUT2D eigenvalue weighted by molar-refractivity contribution is -0.120. The lowest BCUT2D eigenvalue weighted by Crippen LogP contribution is -2.43. The van der Waals surface area contributed by atoms with Crippen molar-refractivity contribution in [1.82, 2.24) is 10.6 Å². The molecule has 1 aliphatic rings. The molecule has 1 rings (SSSR count). The first-order valence-electron chi connectivity index (χ1n) is 7.28. The van der Waals surface area contributed by atoms with Gasteiger partial charge in [-0.25, -0.2) is 0 Å². The van der Waals surface area contributed by atoms with Gasteiger partial charge in [-0.05, 0) is 31.6 Å². The molecular formula is C14H28N2O. The molecule has 1 atom stereocenters. The third-order valence-corrected chi connectivity index (χ3v) is 3.76. The molecule has 0 saturated heterocycles. The topological polar surface area (TPSA) is 41.1 Å². The predicted octanol–water partition coefficient (Wildman–Crippen LogP) is 2.46. The van der Waals surface area contributed by atoms with Crippen LogP contribution in [-0.4, -0.2) is 25.0 Å². The smallest absolute Gasteiger partial charge is 0.233 e. The molecular weight excluding hydrogens is 212 g/mol. The molecule has 0 aromatic carbocycles. The lowest BCUT2D eigenvalue weighted by Gasteiger charge is -2.30. The van der Waals surface area contributed by atoms with E-state index in [1.165, 1.54) is 32.1 Å². The molecule has 0 spiro atoms. The van der Waals surface area contributed by atoms with Gasteiger partial charge in [-0.15, -0.1) is 0 Å². The Labute approximate surface area is 106 Å². The van der Waals surface area contributed by atoms with E-state index in [0.29, 0.717) is 12.6 Å². The van der Waals surface area contributed by atoms with Gasteiger partial charge in [0, 0.05) is 12.6 Å². The van der Waals surface area contributed by atoms with E-state index in [2.05, 4.69) is 24.5 Å². The van der Waals surface area contributed by atoms with Crippen LogP contribution in [-0.2, 0) is 4.79 Å². The van der Waals surface area contributed by atoms with Crippen LogP contribution in [0, 0.1) is 5.92 Å². The minimum atomic E-state index is 0.140. The van der Waals surface area contributed by atoms with Crippen LogP contribution >= 0.6 is 0 Å². The third-order valence-electron chi connectivity index (χ3n) is 3.76. The van der Waals surface area contributed by atoms with Gasteiger partial charge in [0.05, 0.1) is 6.54 Å². The molecule has 0 heterocycles. The third kappa shape index (κ3) is 5.53. The largest absolute Gasteiger partial charge is 0.355 e. The van der Waals surface area contributed by atoms with Gasteiger partial charge in [0.1, 0.15) is 0 Å². The second kappa shape index (κ2) is 8.51. The normalized spacial score (nSPS) is 18.9. The SMILES string of the molecule is CCCNC(=O)CNC(CC)C1CCCCC1. The number of carbonyl (C=O) groups is 1. The maximum absolute atomic E-state index is 11.5. The van der Waals surface area contributed by atoms with E-state index in [4.69, 9.17) is 0 Å². The molecule has 1 amide bonds. The molecule has 3 heteroatoms. The number of hydrogen-bond donors (Lipinski definition) is 2. The second-order valence-corrected chi connectivity index (χ2v) is 5.14. The van der Waals surface area contributed by atoms with E-state index >= 15 is 0 Å². The first-order valence-corrected chi connectivity index (χ1v) is 7.28. The second-order valence-electron chi connectivity index (χ2n) is 5.14. The molecule has 0 aliphatic heterocycles. The van der Waals surface area contributed by atoms with Gasteiger partial charge >= 0.3 is 0 Å². The Morgan fingerprint density at radius 2 is 1.94 bits per heavy atom. The highest BCUT2D eigenvalue weighted by Crippen LogP contribution is 2.27. The van der Waals surface area contributed by atoms with E-state index in [1.54, 1.807) is 0 Å². The standard InChI is InChI=1S/C14H28N2O/c1-3-10-15-14(17)11-16-13(4-2)12-8-6-5-7-9-12/h12-13,16H,3-11H2,1-2H3,(H,15,17). The van der Waals surface area contributed by atoms with Crippen LogP contribution in [0.1, 0.15) is 58.8 Å². The molecule has 100 valence electrons. The fourth-order valence-corrected chi connectivity index (χ4v) is 2.73. The first kappa shape index (κ1) is 14.5. The van der Waals surface area contributed by atoms with Crippen molar-refractivity contribution in [2.24, 2.45) is 5.92 Å². The molecule has 0 radical (unpaired) electrons. The molecule has 1 saturated carbocycles. The van der Waals surface area contributed by atoms with E-state index < -0.39 is 0 Å². The maximum atomic E-state index is 11.5. The number of carbonyl (C=O) groups excluding carboxylic acids is 1. The van der Waals surface area contributed by atoms with E-state index in [0.717, 1.165) is 25.3 Å². The highest BCUT2D eigenvalue weighted by molar-refractivity contribution is 5.77. The van der Waals surface area contributed by atoms with Crippen molar-refractivity contribution in [1.29, 1.82) is 0 Å². The van der Waals surface area contributed by atoms with Crippen molar-refractivity contribution < 1.29 is 4.79 Å². The molecule has 1 aliphatic carbocycles. The molecule has 1 unspecified atom stereocenters. The average Bonchev–Trinajstić information content (AvgIpc) is 2.38. The minimum Gasteiger partial charge on any atom is -0.355 e. The summed E-state index contributed by atoms with van der Waals surface area (Å²) in [6.45, 7) is 5.57. The summed E-state index contributed by atoms with van der Waals surface area (Å²) in [5.41, 5.74) is 0. The highest BCUT2D eigenvalue weighted by atomic mass is 16.1. The molecule has 1 fully saturated rings. The number of rotatable bonds is 7. The lowest BCUT2D eigenvalue weighted by atomic mass is 9.83. The van der Waals surface area contributed by atoms with Gasteiger partial charge < -0.3 is 10.6 Å². The Bertz CT molecular complexity index is 212. The van der Waals surface area contributed by atoms with Crippen LogP contribution in [0.5, 0.6) is 0 Å². The van der Waals surface area contributed by atoms with Crippen LogP contribution in [0.2, 0.25) is 0 Å². The van der Waals surface area contributed by atoms with Crippen LogP contribution in [0.4, 0.5) is 0 Å². The average molecular weight is 240 g/mol. The van der Waals surface area contributed by atoms with Crippen molar-refractivity contribution in [3.8, 4) is 0 Å². The molecule has 17 heavy (non-hydrogen) atoms. The van der Waals surface area contributed by atoms with Crippen LogP contribution < -0.4 is 10.6 Å². The van der Waals surface area contributed by atoms with Crippen LogP contribution in [0.15, 0.2) is 0 Å². The van der Waals surface area contributed by atoms with Gasteiger partial charge in [0.2, 0.25) is 5.91 Å². The van der Waals surface area contributed by atoms with Crippen molar-refractivity contribution in [3.63, 3.8) is 0 Å². The van der Waals surface area contributed by atoms with Gasteiger partial charge in [0.25, 0.3) is 0 Å². The maximum Gasteiger partial charge on any atom is 0.233 e. The zero-order valence-corrected chi connectivity index (χ0v) is 11.4. The summed E-state index contributed by atoms with van der Waals surface area (Å²) in [7, 11) is 0. The molecule has 0 aromatic rings. The van der Waals surface area contributed by atoms with Gasteiger partial charge in [-0.3, -0.25) is 4.79 Å². The number of hydrogen-bond acceptors (Lipinski definition) is 2. The Morgan fingerprint density at radius 3 is 2.53 bits per heavy atom. The van der Waals surface area contributed by atoms with Crippen molar-refractivity contribution in [2.75, 3.05) is 13.1 Å². The van der Waals surface area contributed by atoms with Gasteiger partial charge in [-0.2, -0.15) is 0 Å². The molecule has 3 nitrogen and oxygen atoms in total.